The van der Waals surface area contributed by atoms with Gasteiger partial charge in [0.15, 0.2) is 5.16 Å². The fourth-order valence-corrected chi connectivity index (χ4v) is 1.90. The molecule has 0 aliphatic rings. The van der Waals surface area contributed by atoms with Crippen LogP contribution in [0.5, 0.6) is 0 Å². The lowest BCUT2D eigenvalue weighted by molar-refractivity contribution is 0.549. The van der Waals surface area contributed by atoms with E-state index in [2.05, 4.69) is 24.0 Å². The van der Waals surface area contributed by atoms with E-state index in [4.69, 9.17) is 11.6 Å². The van der Waals surface area contributed by atoms with Crippen LogP contribution in [0, 0.1) is 0 Å². The lowest BCUT2D eigenvalue weighted by Gasteiger charge is -2.07. The number of aromatic nitrogens is 3. The number of hydrogen-bond donors (Lipinski definition) is 0. The zero-order chi connectivity index (χ0) is 9.68. The van der Waals surface area contributed by atoms with Gasteiger partial charge in [0.05, 0.1) is 0 Å². The van der Waals surface area contributed by atoms with Crippen molar-refractivity contribution < 1.29 is 0 Å². The van der Waals surface area contributed by atoms with Crippen LogP contribution in [0.25, 0.3) is 0 Å². The normalized spacial score (nSPS) is 11.7. The van der Waals surface area contributed by atoms with Crippen LogP contribution in [0.1, 0.15) is 19.9 Å². The average molecular weight is 218 g/mol. The van der Waals surface area contributed by atoms with Crippen molar-refractivity contribution in [2.24, 2.45) is 0 Å². The number of rotatable bonds is 4. The molecule has 0 fully saturated rings. The molecule has 3 nitrogen and oxygen atoms in total. The van der Waals surface area contributed by atoms with Crippen molar-refractivity contribution in [3.8, 4) is 0 Å². The van der Waals surface area contributed by atoms with E-state index >= 15 is 0 Å². The van der Waals surface area contributed by atoms with Gasteiger partial charge in [0.1, 0.15) is 6.33 Å². The van der Waals surface area contributed by atoms with Gasteiger partial charge in [0.25, 0.3) is 0 Å². The molecule has 1 heterocycles. The number of hydrogen-bond acceptors (Lipinski definition) is 3. The molecular formula is C8H12ClN3S. The summed E-state index contributed by atoms with van der Waals surface area (Å²) < 4.78 is 2.03. The zero-order valence-electron chi connectivity index (χ0n) is 7.64. The highest BCUT2D eigenvalue weighted by Crippen LogP contribution is 2.18. The molecule has 0 bridgehead atoms. The van der Waals surface area contributed by atoms with Gasteiger partial charge >= 0.3 is 0 Å². The van der Waals surface area contributed by atoms with Crippen LogP contribution in [-0.4, -0.2) is 20.5 Å². The molecule has 13 heavy (non-hydrogen) atoms. The molecule has 0 N–H and O–H groups in total. The van der Waals surface area contributed by atoms with E-state index in [-0.39, 0.29) is 0 Å². The predicted octanol–water partition coefficient (Wildman–Crippen LogP) is 2.70. The number of nitrogens with zero attached hydrogens (tertiary/aromatic N) is 3. The Labute approximate surface area is 87.2 Å². The quantitative estimate of drug-likeness (QED) is 0.727. The summed E-state index contributed by atoms with van der Waals surface area (Å²) in [5, 5.41) is 8.80. The van der Waals surface area contributed by atoms with E-state index in [1.54, 1.807) is 18.1 Å². The van der Waals surface area contributed by atoms with Crippen molar-refractivity contribution in [3.05, 3.63) is 17.9 Å². The molecule has 0 aromatic carbocycles. The molecular weight excluding hydrogens is 206 g/mol. The van der Waals surface area contributed by atoms with Crippen molar-refractivity contribution in [3.63, 3.8) is 0 Å². The van der Waals surface area contributed by atoms with Gasteiger partial charge in [-0.2, -0.15) is 0 Å². The minimum atomic E-state index is 0.400. The summed E-state index contributed by atoms with van der Waals surface area (Å²) in [6.07, 6.45) is 3.63. The van der Waals surface area contributed by atoms with E-state index in [0.717, 1.165) is 10.9 Å². The van der Waals surface area contributed by atoms with Crippen molar-refractivity contribution in [2.75, 3.05) is 5.75 Å². The van der Waals surface area contributed by atoms with Crippen molar-refractivity contribution in [2.45, 2.75) is 25.0 Å². The second kappa shape index (κ2) is 5.29. The fourth-order valence-electron chi connectivity index (χ4n) is 0.849. The monoisotopic (exact) mass is 217 g/mol. The Bertz CT molecular complexity index is 283. The summed E-state index contributed by atoms with van der Waals surface area (Å²) >= 11 is 7.03. The molecule has 1 aromatic heterocycles. The van der Waals surface area contributed by atoms with Gasteiger partial charge in [-0.25, -0.2) is 0 Å². The molecule has 0 unspecified atom stereocenters. The minimum absolute atomic E-state index is 0.400. The standard InChI is InChI=1S/C8H12ClN3S/c1-7(2)12-6-10-11-8(12)13-5-3-4-9/h3-4,6-7H,5H2,1-2H3. The number of thioether (sulfide) groups is 1. The molecule has 1 rings (SSSR count). The average Bonchev–Trinajstić information content (AvgIpc) is 2.53. The molecule has 5 heteroatoms. The summed E-state index contributed by atoms with van der Waals surface area (Å²) in [5.41, 5.74) is 1.52. The predicted molar refractivity (Wildman–Crippen MR) is 56.1 cm³/mol. The maximum atomic E-state index is 5.41. The van der Waals surface area contributed by atoms with Gasteiger partial charge in [0.2, 0.25) is 0 Å². The van der Waals surface area contributed by atoms with E-state index in [1.807, 2.05) is 10.6 Å². The Balaban J connectivity index is 2.60. The second-order valence-corrected chi connectivity index (χ2v) is 4.03. The lowest BCUT2D eigenvalue weighted by Crippen LogP contribution is -2.00. The van der Waals surface area contributed by atoms with E-state index in [1.165, 1.54) is 5.54 Å². The Morgan fingerprint density at radius 3 is 3.08 bits per heavy atom. The molecule has 0 spiro atoms. The van der Waals surface area contributed by atoms with Crippen LogP contribution in [0.4, 0.5) is 0 Å². The van der Waals surface area contributed by atoms with Crippen molar-refractivity contribution in [1.29, 1.82) is 0 Å². The highest BCUT2D eigenvalue weighted by Gasteiger charge is 2.05. The maximum Gasteiger partial charge on any atom is 0.191 e. The van der Waals surface area contributed by atoms with Crippen LogP contribution < -0.4 is 0 Å². The Morgan fingerprint density at radius 1 is 1.69 bits per heavy atom. The molecule has 0 saturated heterocycles. The molecule has 0 aliphatic carbocycles. The topological polar surface area (TPSA) is 30.7 Å². The van der Waals surface area contributed by atoms with Crippen LogP contribution >= 0.6 is 23.4 Å². The lowest BCUT2D eigenvalue weighted by atomic mass is 10.4. The highest BCUT2D eigenvalue weighted by atomic mass is 35.5. The molecule has 0 amide bonds. The van der Waals surface area contributed by atoms with Gasteiger partial charge in [-0.1, -0.05) is 29.4 Å². The highest BCUT2D eigenvalue weighted by molar-refractivity contribution is 7.99. The van der Waals surface area contributed by atoms with E-state index in [0.29, 0.717) is 6.04 Å². The first kappa shape index (κ1) is 10.6. The first-order chi connectivity index (χ1) is 6.25. The smallest absolute Gasteiger partial charge is 0.191 e. The molecule has 0 radical (unpaired) electrons. The summed E-state index contributed by atoms with van der Waals surface area (Å²) in [6.45, 7) is 4.20. The molecule has 0 aliphatic heterocycles. The Morgan fingerprint density at radius 2 is 2.46 bits per heavy atom. The SMILES string of the molecule is CC(C)n1cnnc1SCC=CCl. The first-order valence-corrected chi connectivity index (χ1v) is 5.45. The van der Waals surface area contributed by atoms with Gasteiger partial charge < -0.3 is 4.57 Å². The molecule has 0 saturated carbocycles. The van der Waals surface area contributed by atoms with E-state index < -0.39 is 0 Å². The van der Waals surface area contributed by atoms with Crippen LogP contribution in [-0.2, 0) is 0 Å². The summed E-state index contributed by atoms with van der Waals surface area (Å²) in [6, 6.07) is 0.400. The Hall–Kier alpha value is -0.480. The van der Waals surface area contributed by atoms with Crippen molar-refractivity contribution in [1.82, 2.24) is 14.8 Å². The third-order valence-corrected chi connectivity index (χ3v) is 2.58. The first-order valence-electron chi connectivity index (χ1n) is 4.03. The van der Waals surface area contributed by atoms with E-state index in [9.17, 15) is 0 Å². The minimum Gasteiger partial charge on any atom is -0.306 e. The zero-order valence-corrected chi connectivity index (χ0v) is 9.22. The second-order valence-electron chi connectivity index (χ2n) is 2.79. The molecule has 1 aromatic rings. The van der Waals surface area contributed by atoms with Gasteiger partial charge in [-0.3, -0.25) is 0 Å². The third kappa shape index (κ3) is 3.04. The third-order valence-electron chi connectivity index (χ3n) is 1.49. The van der Waals surface area contributed by atoms with Gasteiger partial charge in [-0.05, 0) is 13.8 Å². The van der Waals surface area contributed by atoms with Gasteiger partial charge in [-0.15, -0.1) is 10.2 Å². The summed E-state index contributed by atoms with van der Waals surface area (Å²) in [5.74, 6) is 0.828. The fraction of sp³-hybridized carbons (Fsp3) is 0.500. The number of halogens is 1. The van der Waals surface area contributed by atoms with Crippen molar-refractivity contribution >= 4 is 23.4 Å². The van der Waals surface area contributed by atoms with Crippen LogP contribution in [0.15, 0.2) is 23.1 Å². The summed E-state index contributed by atoms with van der Waals surface area (Å²) in [7, 11) is 0. The molecule has 72 valence electrons. The molecule has 0 atom stereocenters. The van der Waals surface area contributed by atoms with Gasteiger partial charge in [0, 0.05) is 17.3 Å². The van der Waals surface area contributed by atoms with Crippen LogP contribution in [0.3, 0.4) is 0 Å². The summed E-state index contributed by atoms with van der Waals surface area (Å²) in [4.78, 5) is 0. The largest absolute Gasteiger partial charge is 0.306 e. The maximum absolute atomic E-state index is 5.41. The Kier molecular flexibility index (Phi) is 4.32. The van der Waals surface area contributed by atoms with Crippen LogP contribution in [0.2, 0.25) is 0 Å².